The molecule has 0 aliphatic heterocycles. The topological polar surface area (TPSA) is 39.4 Å². The molecule has 0 saturated carbocycles. The van der Waals surface area contributed by atoms with Gasteiger partial charge in [-0.1, -0.05) is 20.8 Å². The second-order valence-corrected chi connectivity index (χ2v) is 4.53. The Labute approximate surface area is 88.9 Å². The number of pyridine rings is 1. The molecule has 0 aliphatic rings. The van der Waals surface area contributed by atoms with Crippen molar-refractivity contribution in [2.24, 2.45) is 0 Å². The monoisotopic (exact) mass is 205 g/mol. The van der Waals surface area contributed by atoms with E-state index in [1.165, 1.54) is 0 Å². The second-order valence-electron chi connectivity index (χ2n) is 4.53. The first kappa shape index (κ1) is 9.96. The number of nitrogens with zero attached hydrogens (tertiary/aromatic N) is 3. The molecular formula is C11H15N3O. The summed E-state index contributed by atoms with van der Waals surface area (Å²) in [6.07, 6.45) is 1.88. The molecule has 2 aromatic rings. The Balaban J connectivity index is 2.65. The maximum Gasteiger partial charge on any atom is 0.198 e. The highest BCUT2D eigenvalue weighted by molar-refractivity contribution is 5.52. The molecule has 0 saturated heterocycles. The normalized spacial score (nSPS) is 12.0. The lowest BCUT2D eigenvalue weighted by molar-refractivity contribution is 0.416. The molecule has 0 aliphatic carbocycles. The van der Waals surface area contributed by atoms with Crippen molar-refractivity contribution in [3.63, 3.8) is 0 Å². The highest BCUT2D eigenvalue weighted by Crippen LogP contribution is 2.22. The van der Waals surface area contributed by atoms with Crippen LogP contribution in [0.1, 0.15) is 26.6 Å². The smallest absolute Gasteiger partial charge is 0.198 e. The third kappa shape index (κ3) is 1.67. The Kier molecular flexibility index (Phi) is 2.14. The van der Waals surface area contributed by atoms with Crippen molar-refractivity contribution in [2.75, 3.05) is 7.11 Å². The van der Waals surface area contributed by atoms with Gasteiger partial charge >= 0.3 is 0 Å². The first-order chi connectivity index (χ1) is 7.02. The number of hydrogen-bond donors (Lipinski definition) is 0. The number of methoxy groups -OCH3 is 1. The molecule has 4 nitrogen and oxygen atoms in total. The number of rotatable bonds is 1. The van der Waals surface area contributed by atoms with Crippen molar-refractivity contribution in [1.82, 2.24) is 14.6 Å². The Morgan fingerprint density at radius 1 is 1.33 bits per heavy atom. The van der Waals surface area contributed by atoms with Crippen LogP contribution in [0.15, 0.2) is 18.3 Å². The summed E-state index contributed by atoms with van der Waals surface area (Å²) in [5, 5.41) is 4.42. The van der Waals surface area contributed by atoms with Crippen molar-refractivity contribution >= 4 is 5.65 Å². The van der Waals surface area contributed by atoms with Crippen LogP contribution in [0.3, 0.4) is 0 Å². The van der Waals surface area contributed by atoms with Crippen LogP contribution in [0.5, 0.6) is 5.75 Å². The molecule has 0 amide bonds. The van der Waals surface area contributed by atoms with Crippen molar-refractivity contribution < 1.29 is 4.74 Å². The molecule has 80 valence electrons. The van der Waals surface area contributed by atoms with Gasteiger partial charge in [0.05, 0.1) is 7.11 Å². The minimum absolute atomic E-state index is 0.0446. The van der Waals surface area contributed by atoms with Crippen LogP contribution in [-0.2, 0) is 5.41 Å². The first-order valence-corrected chi connectivity index (χ1v) is 4.92. The largest absolute Gasteiger partial charge is 0.493 e. The molecule has 0 spiro atoms. The van der Waals surface area contributed by atoms with E-state index in [1.54, 1.807) is 11.6 Å². The molecule has 15 heavy (non-hydrogen) atoms. The fourth-order valence-electron chi connectivity index (χ4n) is 1.36. The van der Waals surface area contributed by atoms with Crippen LogP contribution < -0.4 is 4.74 Å². The van der Waals surface area contributed by atoms with Gasteiger partial charge in [0.2, 0.25) is 0 Å². The van der Waals surface area contributed by atoms with E-state index in [-0.39, 0.29) is 5.41 Å². The fraction of sp³-hybridized carbons (Fsp3) is 0.455. The first-order valence-electron chi connectivity index (χ1n) is 4.92. The summed E-state index contributed by atoms with van der Waals surface area (Å²) in [5.74, 6) is 1.58. The third-order valence-electron chi connectivity index (χ3n) is 2.22. The summed E-state index contributed by atoms with van der Waals surface area (Å²) in [6.45, 7) is 6.27. The standard InChI is InChI=1S/C11H15N3O/c1-11(2,3)10-12-9-8(15-4)6-5-7-14(9)13-10/h5-7H,1-4H3. The third-order valence-corrected chi connectivity index (χ3v) is 2.22. The zero-order chi connectivity index (χ0) is 11.1. The summed E-state index contributed by atoms with van der Waals surface area (Å²) in [5.41, 5.74) is 0.724. The second kappa shape index (κ2) is 3.22. The zero-order valence-electron chi connectivity index (χ0n) is 9.48. The Morgan fingerprint density at radius 2 is 2.07 bits per heavy atom. The number of aromatic nitrogens is 3. The molecule has 2 aromatic heterocycles. The van der Waals surface area contributed by atoms with Crippen LogP contribution in [0, 0.1) is 0 Å². The van der Waals surface area contributed by atoms with Crippen LogP contribution in [-0.4, -0.2) is 21.7 Å². The molecular weight excluding hydrogens is 190 g/mol. The van der Waals surface area contributed by atoms with E-state index >= 15 is 0 Å². The molecule has 4 heteroatoms. The van der Waals surface area contributed by atoms with Crippen LogP contribution in [0.25, 0.3) is 5.65 Å². The molecule has 0 fully saturated rings. The van der Waals surface area contributed by atoms with E-state index < -0.39 is 0 Å². The van der Waals surface area contributed by atoms with Gasteiger partial charge in [0.1, 0.15) is 0 Å². The van der Waals surface area contributed by atoms with Crippen molar-refractivity contribution in [1.29, 1.82) is 0 Å². The van der Waals surface area contributed by atoms with Gasteiger partial charge in [0.25, 0.3) is 0 Å². The molecule has 0 N–H and O–H groups in total. The molecule has 2 heterocycles. The highest BCUT2D eigenvalue weighted by Gasteiger charge is 2.20. The molecule has 0 bridgehead atoms. The van der Waals surface area contributed by atoms with Gasteiger partial charge in [-0.2, -0.15) is 5.10 Å². The average Bonchev–Trinajstić information content (AvgIpc) is 2.59. The quantitative estimate of drug-likeness (QED) is 0.715. The van der Waals surface area contributed by atoms with Gasteiger partial charge in [0, 0.05) is 11.6 Å². The molecule has 0 atom stereocenters. The van der Waals surface area contributed by atoms with E-state index in [0.717, 1.165) is 17.2 Å². The minimum atomic E-state index is -0.0446. The summed E-state index contributed by atoms with van der Waals surface area (Å²) in [4.78, 5) is 4.48. The number of ether oxygens (including phenoxy) is 1. The Morgan fingerprint density at radius 3 is 2.67 bits per heavy atom. The van der Waals surface area contributed by atoms with Gasteiger partial charge in [-0.15, -0.1) is 0 Å². The van der Waals surface area contributed by atoms with E-state index in [1.807, 2.05) is 18.3 Å². The Hall–Kier alpha value is -1.58. The van der Waals surface area contributed by atoms with Crippen molar-refractivity contribution in [2.45, 2.75) is 26.2 Å². The van der Waals surface area contributed by atoms with Gasteiger partial charge < -0.3 is 4.74 Å². The predicted molar refractivity (Wildman–Crippen MR) is 58.2 cm³/mol. The average molecular weight is 205 g/mol. The van der Waals surface area contributed by atoms with E-state index in [0.29, 0.717) is 0 Å². The lowest BCUT2D eigenvalue weighted by atomic mass is 9.96. The van der Waals surface area contributed by atoms with Crippen LogP contribution >= 0.6 is 0 Å². The van der Waals surface area contributed by atoms with Crippen LogP contribution in [0.2, 0.25) is 0 Å². The van der Waals surface area contributed by atoms with Crippen molar-refractivity contribution in [3.05, 3.63) is 24.2 Å². The maximum atomic E-state index is 5.23. The number of fused-ring (bicyclic) bond motifs is 1. The van der Waals surface area contributed by atoms with Gasteiger partial charge in [0.15, 0.2) is 17.2 Å². The molecule has 2 rings (SSSR count). The summed E-state index contributed by atoms with van der Waals surface area (Å²) in [6, 6.07) is 3.78. The lowest BCUT2D eigenvalue weighted by Crippen LogP contribution is -2.13. The highest BCUT2D eigenvalue weighted by atomic mass is 16.5. The van der Waals surface area contributed by atoms with E-state index in [9.17, 15) is 0 Å². The summed E-state index contributed by atoms with van der Waals surface area (Å²) < 4.78 is 6.98. The van der Waals surface area contributed by atoms with E-state index in [2.05, 4.69) is 30.9 Å². The SMILES string of the molecule is COc1cccn2nc(C(C)(C)C)nc12. The lowest BCUT2D eigenvalue weighted by Gasteiger charge is -2.11. The van der Waals surface area contributed by atoms with Gasteiger partial charge in [-0.3, -0.25) is 0 Å². The predicted octanol–water partition coefficient (Wildman–Crippen LogP) is 2.04. The van der Waals surface area contributed by atoms with Gasteiger partial charge in [-0.05, 0) is 12.1 Å². The van der Waals surface area contributed by atoms with Crippen LogP contribution in [0.4, 0.5) is 0 Å². The fourth-order valence-corrected chi connectivity index (χ4v) is 1.36. The minimum Gasteiger partial charge on any atom is -0.493 e. The molecule has 0 aromatic carbocycles. The summed E-state index contributed by atoms with van der Waals surface area (Å²) >= 11 is 0. The number of hydrogen-bond acceptors (Lipinski definition) is 3. The van der Waals surface area contributed by atoms with Gasteiger partial charge in [-0.25, -0.2) is 9.50 Å². The Bertz CT molecular complexity index is 482. The van der Waals surface area contributed by atoms with Crippen molar-refractivity contribution in [3.8, 4) is 5.75 Å². The zero-order valence-corrected chi connectivity index (χ0v) is 9.48. The van der Waals surface area contributed by atoms with E-state index in [4.69, 9.17) is 4.74 Å². The summed E-state index contributed by atoms with van der Waals surface area (Å²) in [7, 11) is 1.64. The maximum absolute atomic E-state index is 5.23. The molecule has 0 radical (unpaired) electrons. The molecule has 0 unspecified atom stereocenters.